The van der Waals surface area contributed by atoms with Crippen LogP contribution in [0, 0.1) is 5.92 Å². The second-order valence-electron chi connectivity index (χ2n) is 3.12. The molecule has 5 heteroatoms. The number of nitrogens with one attached hydrogen (secondary N) is 1. The van der Waals surface area contributed by atoms with Crippen molar-refractivity contribution in [2.24, 2.45) is 5.92 Å². The first-order valence-electron chi connectivity index (χ1n) is 4.22. The predicted molar refractivity (Wildman–Crippen MR) is 44.3 cm³/mol. The van der Waals surface area contributed by atoms with E-state index in [1.54, 1.807) is 0 Å². The Bertz CT molecular complexity index is 216. The molecule has 1 rings (SSSR count). The lowest BCUT2D eigenvalue weighted by molar-refractivity contribution is -0.142. The first-order valence-corrected chi connectivity index (χ1v) is 4.22. The van der Waals surface area contributed by atoms with Crippen LogP contribution in [0.2, 0.25) is 0 Å². The summed E-state index contributed by atoms with van der Waals surface area (Å²) < 4.78 is 4.40. The van der Waals surface area contributed by atoms with Gasteiger partial charge < -0.3 is 15.2 Å². The number of alkyl carbamates (subject to hydrolysis) is 1. The molecule has 1 fully saturated rings. The second-order valence-corrected chi connectivity index (χ2v) is 3.12. The molecule has 0 radical (unpaired) electrons. The van der Waals surface area contributed by atoms with Crippen molar-refractivity contribution in [2.45, 2.75) is 25.3 Å². The zero-order valence-electron chi connectivity index (χ0n) is 7.45. The van der Waals surface area contributed by atoms with E-state index in [1.165, 1.54) is 7.11 Å². The number of carbonyl (C=O) groups excluding carboxylic acids is 1. The maximum absolute atomic E-state index is 10.8. The average Bonchev–Trinajstić information content (AvgIpc) is 2.52. The van der Waals surface area contributed by atoms with E-state index < -0.39 is 18.0 Å². The Kier molecular flexibility index (Phi) is 3.11. The molecule has 0 aromatic carbocycles. The molecule has 1 amide bonds. The van der Waals surface area contributed by atoms with Gasteiger partial charge in [-0.05, 0) is 12.8 Å². The van der Waals surface area contributed by atoms with E-state index in [2.05, 4.69) is 10.1 Å². The van der Waals surface area contributed by atoms with Gasteiger partial charge in [-0.1, -0.05) is 6.42 Å². The van der Waals surface area contributed by atoms with Crippen LogP contribution in [0.15, 0.2) is 0 Å². The molecule has 0 aromatic rings. The number of hydrogen-bond donors (Lipinski definition) is 2. The smallest absolute Gasteiger partial charge is 0.407 e. The number of carboxylic acid groups (broad SMARTS) is 1. The Morgan fingerprint density at radius 3 is 2.69 bits per heavy atom. The van der Waals surface area contributed by atoms with Crippen molar-refractivity contribution in [2.75, 3.05) is 7.11 Å². The van der Waals surface area contributed by atoms with Crippen molar-refractivity contribution in [3.05, 3.63) is 0 Å². The minimum Gasteiger partial charge on any atom is -0.481 e. The van der Waals surface area contributed by atoms with Crippen molar-refractivity contribution in [3.63, 3.8) is 0 Å². The Morgan fingerprint density at radius 2 is 2.15 bits per heavy atom. The highest BCUT2D eigenvalue weighted by Crippen LogP contribution is 2.25. The number of aliphatic carboxylic acids is 1. The van der Waals surface area contributed by atoms with Gasteiger partial charge in [-0.15, -0.1) is 0 Å². The summed E-state index contributed by atoms with van der Waals surface area (Å²) in [7, 11) is 1.26. The Hall–Kier alpha value is -1.26. The summed E-state index contributed by atoms with van der Waals surface area (Å²) in [5, 5.41) is 11.3. The lowest BCUT2D eigenvalue weighted by atomic mass is 10.0. The van der Waals surface area contributed by atoms with Crippen molar-refractivity contribution < 1.29 is 19.4 Å². The summed E-state index contributed by atoms with van der Waals surface area (Å²) >= 11 is 0. The highest BCUT2D eigenvalue weighted by molar-refractivity contribution is 5.73. The molecular formula is C8H13NO4. The molecule has 0 aliphatic heterocycles. The summed E-state index contributed by atoms with van der Waals surface area (Å²) in [6.45, 7) is 0. The minimum atomic E-state index is -0.848. The van der Waals surface area contributed by atoms with E-state index in [9.17, 15) is 9.59 Å². The number of hydrogen-bond acceptors (Lipinski definition) is 3. The third kappa shape index (κ3) is 2.34. The van der Waals surface area contributed by atoms with Crippen LogP contribution in [-0.4, -0.2) is 30.3 Å². The molecule has 0 bridgehead atoms. The van der Waals surface area contributed by atoms with Gasteiger partial charge in [-0.2, -0.15) is 0 Å². The summed E-state index contributed by atoms with van der Waals surface area (Å²) in [5.41, 5.74) is 0. The average molecular weight is 187 g/mol. The summed E-state index contributed by atoms with van der Waals surface area (Å²) in [4.78, 5) is 21.5. The largest absolute Gasteiger partial charge is 0.481 e. The van der Waals surface area contributed by atoms with Gasteiger partial charge in [0.2, 0.25) is 0 Å². The molecule has 0 saturated heterocycles. The van der Waals surface area contributed by atoms with Gasteiger partial charge in [-0.3, -0.25) is 4.79 Å². The predicted octanol–water partition coefficient (Wildman–Crippen LogP) is 0.596. The van der Waals surface area contributed by atoms with Crippen molar-refractivity contribution in [1.82, 2.24) is 5.32 Å². The van der Waals surface area contributed by atoms with Crippen LogP contribution in [0.5, 0.6) is 0 Å². The van der Waals surface area contributed by atoms with Crippen LogP contribution in [-0.2, 0) is 9.53 Å². The van der Waals surface area contributed by atoms with Crippen LogP contribution in [0.1, 0.15) is 19.3 Å². The van der Waals surface area contributed by atoms with Crippen LogP contribution < -0.4 is 5.32 Å². The lowest BCUT2D eigenvalue weighted by Gasteiger charge is -2.16. The Labute approximate surface area is 76.1 Å². The first-order chi connectivity index (χ1) is 6.15. The number of carboxylic acids is 1. The van der Waals surface area contributed by atoms with Crippen LogP contribution in [0.3, 0.4) is 0 Å². The van der Waals surface area contributed by atoms with Gasteiger partial charge in [-0.25, -0.2) is 4.79 Å². The maximum atomic E-state index is 10.8. The SMILES string of the molecule is COC(=O)N[C@H]1CCC[C@@H]1C(=O)O. The molecule has 0 unspecified atom stereocenters. The summed E-state index contributed by atoms with van der Waals surface area (Å²) in [6, 6.07) is -0.273. The summed E-state index contributed by atoms with van der Waals surface area (Å²) in [5.74, 6) is -1.31. The zero-order valence-corrected chi connectivity index (χ0v) is 7.45. The number of amides is 1. The van der Waals surface area contributed by atoms with Crippen LogP contribution in [0.25, 0.3) is 0 Å². The highest BCUT2D eigenvalue weighted by Gasteiger charge is 2.33. The quantitative estimate of drug-likeness (QED) is 0.663. The molecule has 13 heavy (non-hydrogen) atoms. The van der Waals surface area contributed by atoms with E-state index in [0.29, 0.717) is 12.8 Å². The fourth-order valence-corrected chi connectivity index (χ4v) is 1.64. The van der Waals surface area contributed by atoms with E-state index in [-0.39, 0.29) is 6.04 Å². The molecule has 0 heterocycles. The molecule has 0 spiro atoms. The third-order valence-corrected chi connectivity index (χ3v) is 2.32. The minimum absolute atomic E-state index is 0.273. The van der Waals surface area contributed by atoms with Crippen LogP contribution in [0.4, 0.5) is 4.79 Å². The summed E-state index contributed by atoms with van der Waals surface area (Å²) in [6.07, 6.45) is 1.62. The molecule has 1 aliphatic carbocycles. The monoisotopic (exact) mass is 187 g/mol. The van der Waals surface area contributed by atoms with E-state index in [4.69, 9.17) is 5.11 Å². The van der Waals surface area contributed by atoms with Gasteiger partial charge in [0, 0.05) is 6.04 Å². The molecule has 2 atom stereocenters. The number of rotatable bonds is 2. The van der Waals surface area contributed by atoms with E-state index in [1.807, 2.05) is 0 Å². The van der Waals surface area contributed by atoms with Gasteiger partial charge >= 0.3 is 12.1 Å². The second kappa shape index (κ2) is 4.11. The molecule has 1 saturated carbocycles. The zero-order chi connectivity index (χ0) is 9.84. The van der Waals surface area contributed by atoms with Gasteiger partial charge in [0.15, 0.2) is 0 Å². The number of ether oxygens (including phenoxy) is 1. The Morgan fingerprint density at radius 1 is 1.46 bits per heavy atom. The van der Waals surface area contributed by atoms with Gasteiger partial charge in [0.05, 0.1) is 13.0 Å². The number of methoxy groups -OCH3 is 1. The molecule has 74 valence electrons. The Balaban J connectivity index is 2.48. The maximum Gasteiger partial charge on any atom is 0.407 e. The van der Waals surface area contributed by atoms with Gasteiger partial charge in [0.1, 0.15) is 0 Å². The molecule has 0 aromatic heterocycles. The topological polar surface area (TPSA) is 75.6 Å². The normalized spacial score (nSPS) is 26.8. The first kappa shape index (κ1) is 9.83. The lowest BCUT2D eigenvalue weighted by Crippen LogP contribution is -2.40. The van der Waals surface area contributed by atoms with Crippen molar-refractivity contribution in [3.8, 4) is 0 Å². The molecule has 2 N–H and O–H groups in total. The molecule has 5 nitrogen and oxygen atoms in total. The highest BCUT2D eigenvalue weighted by atomic mass is 16.5. The third-order valence-electron chi connectivity index (χ3n) is 2.32. The standard InChI is InChI=1S/C8H13NO4/c1-13-8(12)9-6-4-2-3-5(6)7(10)11/h5-6H,2-4H2,1H3,(H,9,12)(H,10,11)/t5-,6-/m0/s1. The molecular weight excluding hydrogens is 174 g/mol. The fraction of sp³-hybridized carbons (Fsp3) is 0.750. The van der Waals surface area contributed by atoms with Crippen LogP contribution >= 0.6 is 0 Å². The van der Waals surface area contributed by atoms with Crippen molar-refractivity contribution >= 4 is 12.1 Å². The van der Waals surface area contributed by atoms with Crippen molar-refractivity contribution in [1.29, 1.82) is 0 Å². The van der Waals surface area contributed by atoms with E-state index >= 15 is 0 Å². The van der Waals surface area contributed by atoms with Gasteiger partial charge in [0.25, 0.3) is 0 Å². The molecule has 1 aliphatic rings. The number of carbonyl (C=O) groups is 2. The fourth-order valence-electron chi connectivity index (χ4n) is 1.64. The van der Waals surface area contributed by atoms with E-state index in [0.717, 1.165) is 6.42 Å².